The summed E-state index contributed by atoms with van der Waals surface area (Å²) in [5.74, 6) is 5.30. The van der Waals surface area contributed by atoms with E-state index in [2.05, 4.69) is 21.4 Å². The first-order valence-corrected chi connectivity index (χ1v) is 6.71. The Labute approximate surface area is 112 Å². The molecule has 0 bridgehead atoms. The summed E-state index contributed by atoms with van der Waals surface area (Å²) in [7, 11) is 0. The molecule has 5 heteroatoms. The van der Waals surface area contributed by atoms with Crippen LogP contribution < -0.4 is 11.3 Å². The van der Waals surface area contributed by atoms with Gasteiger partial charge in [-0.1, -0.05) is 12.1 Å². The van der Waals surface area contributed by atoms with E-state index in [1.165, 1.54) is 10.9 Å². The van der Waals surface area contributed by atoms with Crippen molar-refractivity contribution in [3.05, 3.63) is 55.9 Å². The first-order valence-electron chi connectivity index (χ1n) is 5.10. The lowest BCUT2D eigenvalue weighted by molar-refractivity contribution is 0.600. The fourth-order valence-electron chi connectivity index (χ4n) is 1.68. The summed E-state index contributed by atoms with van der Waals surface area (Å²) in [5.41, 5.74) is 3.53. The van der Waals surface area contributed by atoms with Crippen LogP contribution in [0.25, 0.3) is 0 Å². The topological polar surface area (TPSA) is 38.0 Å². The molecule has 1 heterocycles. The minimum atomic E-state index is -0.281. The first-order chi connectivity index (χ1) is 8.13. The third-order valence-corrected chi connectivity index (χ3v) is 4.41. The van der Waals surface area contributed by atoms with Crippen LogP contribution in [-0.2, 0) is 0 Å². The standard InChI is InChI=1S/C12H12BrFN2S/c1-7-5-6-10(17-7)12(16-15)8-3-2-4-9(14)11(8)13/h2-6,12,16H,15H2,1H3. The minimum absolute atomic E-state index is 0.196. The molecule has 1 atom stereocenters. The summed E-state index contributed by atoms with van der Waals surface area (Å²) in [6.45, 7) is 2.03. The molecule has 0 radical (unpaired) electrons. The number of halogens is 2. The van der Waals surface area contributed by atoms with Crippen molar-refractivity contribution in [3.8, 4) is 0 Å². The molecule has 3 N–H and O–H groups in total. The van der Waals surface area contributed by atoms with Crippen LogP contribution in [-0.4, -0.2) is 0 Å². The van der Waals surface area contributed by atoms with Gasteiger partial charge >= 0.3 is 0 Å². The Morgan fingerprint density at radius 3 is 2.71 bits per heavy atom. The van der Waals surface area contributed by atoms with E-state index in [-0.39, 0.29) is 11.9 Å². The number of nitrogens with one attached hydrogen (secondary N) is 1. The highest BCUT2D eigenvalue weighted by molar-refractivity contribution is 9.10. The first kappa shape index (κ1) is 12.7. The van der Waals surface area contributed by atoms with Crippen molar-refractivity contribution in [1.29, 1.82) is 0 Å². The normalized spacial score (nSPS) is 12.7. The lowest BCUT2D eigenvalue weighted by Gasteiger charge is -2.16. The van der Waals surface area contributed by atoms with Gasteiger partial charge in [-0.05, 0) is 46.6 Å². The highest BCUT2D eigenvalue weighted by atomic mass is 79.9. The summed E-state index contributed by atoms with van der Waals surface area (Å²) in [4.78, 5) is 2.27. The summed E-state index contributed by atoms with van der Waals surface area (Å²) in [6, 6.07) is 8.78. The molecule has 0 spiro atoms. The SMILES string of the molecule is Cc1ccc(C(NN)c2cccc(F)c2Br)s1. The number of hydrazine groups is 1. The van der Waals surface area contributed by atoms with Gasteiger partial charge in [-0.2, -0.15) is 0 Å². The van der Waals surface area contributed by atoms with Crippen molar-refractivity contribution in [3.63, 3.8) is 0 Å². The summed E-state index contributed by atoms with van der Waals surface area (Å²) >= 11 is 4.90. The Morgan fingerprint density at radius 2 is 2.12 bits per heavy atom. The van der Waals surface area contributed by atoms with E-state index in [0.717, 1.165) is 10.4 Å². The number of hydrogen-bond acceptors (Lipinski definition) is 3. The maximum absolute atomic E-state index is 13.5. The third-order valence-electron chi connectivity index (χ3n) is 2.50. The molecule has 1 aromatic carbocycles. The van der Waals surface area contributed by atoms with Crippen molar-refractivity contribution in [2.45, 2.75) is 13.0 Å². The van der Waals surface area contributed by atoms with Crippen LogP contribution in [0.1, 0.15) is 21.4 Å². The van der Waals surface area contributed by atoms with Gasteiger partial charge in [0.25, 0.3) is 0 Å². The van der Waals surface area contributed by atoms with E-state index in [0.29, 0.717) is 4.47 Å². The number of hydrogen-bond donors (Lipinski definition) is 2. The monoisotopic (exact) mass is 314 g/mol. The Bertz CT molecular complexity index is 527. The van der Waals surface area contributed by atoms with Crippen molar-refractivity contribution in [1.82, 2.24) is 5.43 Å². The van der Waals surface area contributed by atoms with Crippen LogP contribution >= 0.6 is 27.3 Å². The molecule has 0 saturated carbocycles. The molecule has 0 aliphatic carbocycles. The smallest absolute Gasteiger partial charge is 0.137 e. The fourth-order valence-corrected chi connectivity index (χ4v) is 3.13. The zero-order chi connectivity index (χ0) is 12.4. The highest BCUT2D eigenvalue weighted by Gasteiger charge is 2.18. The second kappa shape index (κ2) is 5.27. The lowest BCUT2D eigenvalue weighted by atomic mass is 10.1. The largest absolute Gasteiger partial charge is 0.271 e. The number of aryl methyl sites for hydroxylation is 1. The second-order valence-corrected chi connectivity index (χ2v) is 5.80. The number of rotatable bonds is 3. The van der Waals surface area contributed by atoms with Gasteiger partial charge in [-0.25, -0.2) is 9.82 Å². The molecule has 1 aromatic heterocycles. The van der Waals surface area contributed by atoms with Gasteiger partial charge in [-0.15, -0.1) is 11.3 Å². The fraction of sp³-hybridized carbons (Fsp3) is 0.167. The van der Waals surface area contributed by atoms with E-state index in [4.69, 9.17) is 5.84 Å². The van der Waals surface area contributed by atoms with Crippen LogP contribution in [0.3, 0.4) is 0 Å². The van der Waals surface area contributed by atoms with Crippen LogP contribution in [0.5, 0.6) is 0 Å². The Balaban J connectivity index is 2.45. The van der Waals surface area contributed by atoms with Crippen molar-refractivity contribution in [2.75, 3.05) is 0 Å². The van der Waals surface area contributed by atoms with Crippen molar-refractivity contribution < 1.29 is 4.39 Å². The lowest BCUT2D eigenvalue weighted by Crippen LogP contribution is -2.28. The molecular formula is C12H12BrFN2S. The van der Waals surface area contributed by atoms with Gasteiger partial charge in [0.1, 0.15) is 5.82 Å². The molecule has 90 valence electrons. The van der Waals surface area contributed by atoms with Gasteiger partial charge in [-0.3, -0.25) is 5.84 Å². The van der Waals surface area contributed by atoms with E-state index in [9.17, 15) is 4.39 Å². The average Bonchev–Trinajstić information content (AvgIpc) is 2.72. The van der Waals surface area contributed by atoms with Gasteiger partial charge in [0.15, 0.2) is 0 Å². The molecule has 1 unspecified atom stereocenters. The maximum atomic E-state index is 13.5. The van der Waals surface area contributed by atoms with Crippen molar-refractivity contribution >= 4 is 27.3 Å². The quantitative estimate of drug-likeness (QED) is 0.672. The summed E-state index contributed by atoms with van der Waals surface area (Å²) < 4.78 is 13.9. The minimum Gasteiger partial charge on any atom is -0.271 e. The summed E-state index contributed by atoms with van der Waals surface area (Å²) in [6.07, 6.45) is 0. The van der Waals surface area contributed by atoms with Gasteiger partial charge in [0.05, 0.1) is 10.5 Å². The molecule has 0 aliphatic rings. The number of thiophene rings is 1. The van der Waals surface area contributed by atoms with Gasteiger partial charge in [0.2, 0.25) is 0 Å². The molecule has 0 saturated heterocycles. The third kappa shape index (κ3) is 2.57. The van der Waals surface area contributed by atoms with Crippen LogP contribution in [0.2, 0.25) is 0 Å². The van der Waals surface area contributed by atoms with Crippen LogP contribution in [0, 0.1) is 12.7 Å². The maximum Gasteiger partial charge on any atom is 0.137 e. The molecule has 0 amide bonds. The highest BCUT2D eigenvalue weighted by Crippen LogP contribution is 2.33. The van der Waals surface area contributed by atoms with Crippen LogP contribution in [0.4, 0.5) is 4.39 Å². The van der Waals surface area contributed by atoms with E-state index in [1.54, 1.807) is 17.4 Å². The molecular weight excluding hydrogens is 303 g/mol. The molecule has 17 heavy (non-hydrogen) atoms. The van der Waals surface area contributed by atoms with E-state index < -0.39 is 0 Å². The Kier molecular flexibility index (Phi) is 3.93. The van der Waals surface area contributed by atoms with Gasteiger partial charge in [0, 0.05) is 9.75 Å². The molecule has 2 aromatic rings. The molecule has 2 nitrogen and oxygen atoms in total. The Hall–Kier alpha value is -0.750. The van der Waals surface area contributed by atoms with E-state index in [1.807, 2.05) is 25.1 Å². The predicted octanol–water partition coefficient (Wildman–Crippen LogP) is 3.51. The number of nitrogens with two attached hydrogens (primary N) is 1. The zero-order valence-electron chi connectivity index (χ0n) is 9.21. The molecule has 0 aliphatic heterocycles. The second-order valence-electron chi connectivity index (χ2n) is 3.69. The predicted molar refractivity (Wildman–Crippen MR) is 72.3 cm³/mol. The van der Waals surface area contributed by atoms with Crippen molar-refractivity contribution in [2.24, 2.45) is 5.84 Å². The van der Waals surface area contributed by atoms with Gasteiger partial charge < -0.3 is 0 Å². The van der Waals surface area contributed by atoms with E-state index >= 15 is 0 Å². The molecule has 2 rings (SSSR count). The summed E-state index contributed by atoms with van der Waals surface area (Å²) in [5, 5.41) is 0. The number of benzene rings is 1. The molecule has 0 fully saturated rings. The Morgan fingerprint density at radius 1 is 1.35 bits per heavy atom. The van der Waals surface area contributed by atoms with Crippen LogP contribution in [0.15, 0.2) is 34.8 Å². The average molecular weight is 315 g/mol. The zero-order valence-corrected chi connectivity index (χ0v) is 11.6.